The normalized spacial score (nSPS) is 20.4. The molecule has 1 atom stereocenters. The van der Waals surface area contributed by atoms with Gasteiger partial charge in [-0.25, -0.2) is 4.39 Å². The lowest BCUT2D eigenvalue weighted by atomic mass is 10.0. The van der Waals surface area contributed by atoms with Crippen molar-refractivity contribution in [2.45, 2.75) is 6.04 Å². The van der Waals surface area contributed by atoms with Crippen molar-refractivity contribution < 1.29 is 9.50 Å². The summed E-state index contributed by atoms with van der Waals surface area (Å²) >= 11 is 0. The highest BCUT2D eigenvalue weighted by Gasteiger charge is 2.23. The van der Waals surface area contributed by atoms with Crippen LogP contribution in [-0.4, -0.2) is 54.7 Å². The summed E-state index contributed by atoms with van der Waals surface area (Å²) in [6, 6.07) is 6.44. The minimum atomic E-state index is -0.241. The monoisotopic (exact) mass is 238 g/mol. The van der Waals surface area contributed by atoms with Gasteiger partial charge in [-0.2, -0.15) is 0 Å². The molecule has 3 nitrogen and oxygen atoms in total. The van der Waals surface area contributed by atoms with E-state index in [1.54, 1.807) is 6.07 Å². The van der Waals surface area contributed by atoms with Crippen molar-refractivity contribution in [3.63, 3.8) is 0 Å². The first-order valence-electron chi connectivity index (χ1n) is 5.99. The summed E-state index contributed by atoms with van der Waals surface area (Å²) in [5.74, 6) is -0.241. The average Bonchev–Trinajstić information content (AvgIpc) is 2.33. The zero-order valence-electron chi connectivity index (χ0n) is 10.1. The maximum Gasteiger partial charge on any atom is 0.123 e. The van der Waals surface area contributed by atoms with Crippen molar-refractivity contribution in [2.24, 2.45) is 0 Å². The van der Waals surface area contributed by atoms with Crippen LogP contribution in [0.5, 0.6) is 0 Å². The second-order valence-corrected chi connectivity index (χ2v) is 4.59. The minimum Gasteiger partial charge on any atom is -0.394 e. The molecule has 0 saturated carbocycles. The molecule has 0 spiro atoms. The SMILES string of the molecule is CN1CCN(C(CO)c2cccc(F)c2)CC1. The van der Waals surface area contributed by atoms with Crippen molar-refractivity contribution in [3.8, 4) is 0 Å². The Hall–Kier alpha value is -0.970. The molecular formula is C13H19FN2O. The topological polar surface area (TPSA) is 26.7 Å². The Labute approximate surface area is 101 Å². The van der Waals surface area contributed by atoms with E-state index in [2.05, 4.69) is 16.8 Å². The number of hydrogen-bond acceptors (Lipinski definition) is 3. The highest BCUT2D eigenvalue weighted by atomic mass is 19.1. The van der Waals surface area contributed by atoms with Crippen LogP contribution in [0.25, 0.3) is 0 Å². The quantitative estimate of drug-likeness (QED) is 0.854. The molecule has 1 saturated heterocycles. The van der Waals surface area contributed by atoms with Crippen LogP contribution in [0.4, 0.5) is 4.39 Å². The number of halogens is 1. The van der Waals surface area contributed by atoms with Gasteiger partial charge in [0.1, 0.15) is 5.82 Å². The molecular weight excluding hydrogens is 219 g/mol. The van der Waals surface area contributed by atoms with Crippen LogP contribution < -0.4 is 0 Å². The summed E-state index contributed by atoms with van der Waals surface area (Å²) in [5, 5.41) is 9.51. The summed E-state index contributed by atoms with van der Waals surface area (Å²) in [4.78, 5) is 4.48. The Morgan fingerprint density at radius 2 is 2.00 bits per heavy atom. The predicted molar refractivity (Wildman–Crippen MR) is 65.3 cm³/mol. The van der Waals surface area contributed by atoms with Crippen LogP contribution >= 0.6 is 0 Å². The highest BCUT2D eigenvalue weighted by molar-refractivity contribution is 5.20. The van der Waals surface area contributed by atoms with Gasteiger partial charge in [0.05, 0.1) is 12.6 Å². The summed E-state index contributed by atoms with van der Waals surface area (Å²) < 4.78 is 13.2. The van der Waals surface area contributed by atoms with Crippen molar-refractivity contribution >= 4 is 0 Å². The fourth-order valence-corrected chi connectivity index (χ4v) is 2.28. The molecule has 1 aliphatic heterocycles. The number of aliphatic hydroxyl groups is 1. The second-order valence-electron chi connectivity index (χ2n) is 4.59. The molecule has 1 N–H and O–H groups in total. The third kappa shape index (κ3) is 3.03. The number of hydrogen-bond donors (Lipinski definition) is 1. The molecule has 1 fully saturated rings. The molecule has 1 unspecified atom stereocenters. The molecule has 4 heteroatoms. The van der Waals surface area contributed by atoms with Gasteiger partial charge in [-0.1, -0.05) is 12.1 Å². The van der Waals surface area contributed by atoms with Crippen LogP contribution in [-0.2, 0) is 0 Å². The smallest absolute Gasteiger partial charge is 0.123 e. The molecule has 0 aromatic heterocycles. The molecule has 1 aliphatic rings. The lowest BCUT2D eigenvalue weighted by molar-refractivity contribution is 0.0746. The molecule has 1 aromatic carbocycles. The van der Waals surface area contributed by atoms with Crippen molar-refractivity contribution in [2.75, 3.05) is 39.8 Å². The molecule has 1 heterocycles. The van der Waals surface area contributed by atoms with Crippen molar-refractivity contribution in [1.29, 1.82) is 0 Å². The standard InChI is InChI=1S/C13H19FN2O/c1-15-5-7-16(8-6-15)13(10-17)11-3-2-4-12(14)9-11/h2-4,9,13,17H,5-8,10H2,1H3. The Bertz CT molecular complexity index is 364. The van der Waals surface area contributed by atoms with E-state index in [9.17, 15) is 9.50 Å². The first-order chi connectivity index (χ1) is 8.20. The average molecular weight is 238 g/mol. The van der Waals surface area contributed by atoms with Crippen LogP contribution in [0.2, 0.25) is 0 Å². The molecule has 94 valence electrons. The summed E-state index contributed by atoms with van der Waals surface area (Å²) in [7, 11) is 2.09. The zero-order valence-corrected chi connectivity index (χ0v) is 10.1. The van der Waals surface area contributed by atoms with Gasteiger partial charge in [-0.15, -0.1) is 0 Å². The Morgan fingerprint density at radius 3 is 2.59 bits per heavy atom. The Morgan fingerprint density at radius 1 is 1.29 bits per heavy atom. The van der Waals surface area contributed by atoms with Gasteiger partial charge in [0.2, 0.25) is 0 Å². The number of likely N-dealkylation sites (N-methyl/N-ethyl adjacent to an activating group) is 1. The second kappa shape index (κ2) is 5.58. The van der Waals surface area contributed by atoms with Crippen LogP contribution in [0.15, 0.2) is 24.3 Å². The highest BCUT2D eigenvalue weighted by Crippen LogP contribution is 2.22. The fourth-order valence-electron chi connectivity index (χ4n) is 2.28. The lowest BCUT2D eigenvalue weighted by Gasteiger charge is -2.37. The van der Waals surface area contributed by atoms with Gasteiger partial charge < -0.3 is 10.0 Å². The first-order valence-corrected chi connectivity index (χ1v) is 5.99. The first kappa shape index (κ1) is 12.5. The number of benzene rings is 1. The summed E-state index contributed by atoms with van der Waals surface area (Å²) in [6.45, 7) is 3.85. The molecule has 17 heavy (non-hydrogen) atoms. The van der Waals surface area contributed by atoms with Gasteiger partial charge in [0.15, 0.2) is 0 Å². The molecule has 0 radical (unpaired) electrons. The summed E-state index contributed by atoms with van der Waals surface area (Å²) in [6.07, 6.45) is 0. The fraction of sp³-hybridized carbons (Fsp3) is 0.538. The lowest BCUT2D eigenvalue weighted by Crippen LogP contribution is -2.46. The van der Waals surface area contributed by atoms with Crippen molar-refractivity contribution in [3.05, 3.63) is 35.6 Å². The predicted octanol–water partition coefficient (Wildman–Crippen LogP) is 1.11. The van der Waals surface area contributed by atoms with Crippen molar-refractivity contribution in [1.82, 2.24) is 9.80 Å². The van der Waals surface area contributed by atoms with E-state index in [1.165, 1.54) is 12.1 Å². The molecule has 0 aliphatic carbocycles. The van der Waals surface area contributed by atoms with Crippen LogP contribution in [0.1, 0.15) is 11.6 Å². The number of piperazine rings is 1. The van der Waals surface area contributed by atoms with Gasteiger partial charge in [-0.05, 0) is 24.7 Å². The zero-order chi connectivity index (χ0) is 12.3. The molecule has 1 aromatic rings. The van der Waals surface area contributed by atoms with E-state index in [-0.39, 0.29) is 18.5 Å². The van der Waals surface area contributed by atoms with E-state index < -0.39 is 0 Å². The molecule has 2 rings (SSSR count). The van der Waals surface area contributed by atoms with E-state index in [0.717, 1.165) is 31.7 Å². The molecule has 0 amide bonds. The van der Waals surface area contributed by atoms with E-state index in [0.29, 0.717) is 0 Å². The van der Waals surface area contributed by atoms with Crippen LogP contribution in [0, 0.1) is 5.82 Å². The van der Waals surface area contributed by atoms with E-state index in [4.69, 9.17) is 0 Å². The van der Waals surface area contributed by atoms with E-state index >= 15 is 0 Å². The van der Waals surface area contributed by atoms with E-state index in [1.807, 2.05) is 6.07 Å². The number of aliphatic hydroxyl groups excluding tert-OH is 1. The van der Waals surface area contributed by atoms with Crippen LogP contribution in [0.3, 0.4) is 0 Å². The minimum absolute atomic E-state index is 0.0349. The Balaban J connectivity index is 2.10. The summed E-state index contributed by atoms with van der Waals surface area (Å²) in [5.41, 5.74) is 0.858. The third-order valence-corrected chi connectivity index (χ3v) is 3.39. The third-order valence-electron chi connectivity index (χ3n) is 3.39. The van der Waals surface area contributed by atoms with Gasteiger partial charge in [0.25, 0.3) is 0 Å². The van der Waals surface area contributed by atoms with Gasteiger partial charge in [0, 0.05) is 26.2 Å². The Kier molecular flexibility index (Phi) is 4.10. The maximum absolute atomic E-state index is 13.2. The number of rotatable bonds is 3. The maximum atomic E-state index is 13.2. The van der Waals surface area contributed by atoms with Gasteiger partial charge in [-0.3, -0.25) is 4.90 Å². The number of nitrogens with zero attached hydrogens (tertiary/aromatic N) is 2. The largest absolute Gasteiger partial charge is 0.394 e. The van der Waals surface area contributed by atoms with Gasteiger partial charge >= 0.3 is 0 Å². The molecule has 0 bridgehead atoms.